The molecule has 6 nitrogen and oxygen atoms in total. The molecular formula is C20H37N3O3. The van der Waals surface area contributed by atoms with E-state index in [9.17, 15) is 14.4 Å². The largest absolute Gasteiger partial charge is 0.367 e. The summed E-state index contributed by atoms with van der Waals surface area (Å²) in [5, 5.41) is 4.49. The maximum atomic E-state index is 11.8. The molecule has 1 aliphatic rings. The van der Waals surface area contributed by atoms with E-state index in [0.29, 0.717) is 6.42 Å². The van der Waals surface area contributed by atoms with Gasteiger partial charge in [0.25, 0.3) is 11.8 Å². The van der Waals surface area contributed by atoms with E-state index in [4.69, 9.17) is 5.73 Å². The Morgan fingerprint density at radius 3 is 1.58 bits per heavy atom. The number of nitrogens with one attached hydrogen (secondary N) is 2. The van der Waals surface area contributed by atoms with Gasteiger partial charge in [0.05, 0.1) is 0 Å². The Kier molecular flexibility index (Phi) is 11.0. The summed E-state index contributed by atoms with van der Waals surface area (Å²) in [7, 11) is 0. The minimum atomic E-state index is -1.55. The second kappa shape index (κ2) is 12.7. The lowest BCUT2D eigenvalue weighted by molar-refractivity contribution is -0.134. The van der Waals surface area contributed by atoms with Crippen LogP contribution in [0.5, 0.6) is 0 Å². The Balaban J connectivity index is 1.97. The van der Waals surface area contributed by atoms with Crippen molar-refractivity contribution in [2.24, 2.45) is 5.73 Å². The average Bonchev–Trinajstić information content (AvgIpc) is 2.90. The summed E-state index contributed by atoms with van der Waals surface area (Å²) in [4.78, 5) is 34.7. The van der Waals surface area contributed by atoms with Crippen molar-refractivity contribution in [1.82, 2.24) is 10.6 Å². The zero-order chi connectivity index (χ0) is 19.3. The number of rotatable bonds is 16. The molecule has 1 saturated heterocycles. The van der Waals surface area contributed by atoms with Gasteiger partial charge in [-0.2, -0.15) is 0 Å². The van der Waals surface area contributed by atoms with E-state index in [-0.39, 0.29) is 6.42 Å². The van der Waals surface area contributed by atoms with Crippen LogP contribution in [-0.2, 0) is 9.59 Å². The van der Waals surface area contributed by atoms with Crippen molar-refractivity contribution in [1.29, 1.82) is 0 Å². The van der Waals surface area contributed by atoms with Crippen molar-refractivity contribution in [3.8, 4) is 0 Å². The van der Waals surface area contributed by atoms with Gasteiger partial charge in [-0.15, -0.1) is 0 Å². The zero-order valence-corrected chi connectivity index (χ0v) is 16.4. The highest BCUT2D eigenvalue weighted by molar-refractivity contribution is 6.19. The molecule has 0 aromatic rings. The van der Waals surface area contributed by atoms with Gasteiger partial charge in [-0.05, 0) is 6.42 Å². The first-order chi connectivity index (χ1) is 12.5. The number of primary amides is 1. The summed E-state index contributed by atoms with van der Waals surface area (Å²) in [5.74, 6) is -1.40. The van der Waals surface area contributed by atoms with E-state index >= 15 is 0 Å². The summed E-state index contributed by atoms with van der Waals surface area (Å²) in [6.45, 7) is 2.25. The normalized spacial score (nSPS) is 19.4. The van der Waals surface area contributed by atoms with Gasteiger partial charge in [-0.3, -0.25) is 14.9 Å². The molecule has 0 aliphatic carbocycles. The van der Waals surface area contributed by atoms with E-state index in [0.717, 1.165) is 12.8 Å². The number of carbonyl (C=O) groups is 3. The fourth-order valence-electron chi connectivity index (χ4n) is 3.55. The molecule has 150 valence electrons. The van der Waals surface area contributed by atoms with Gasteiger partial charge in [-0.1, -0.05) is 96.8 Å². The number of urea groups is 1. The van der Waals surface area contributed by atoms with Crippen LogP contribution < -0.4 is 16.4 Å². The SMILES string of the molecule is CCCCCCCCCCCCCCCCC1(C(N)=O)NC(=O)NC1=O. The van der Waals surface area contributed by atoms with E-state index in [2.05, 4.69) is 17.6 Å². The summed E-state index contributed by atoms with van der Waals surface area (Å²) in [6.07, 6.45) is 17.6. The van der Waals surface area contributed by atoms with Gasteiger partial charge >= 0.3 is 6.03 Å². The van der Waals surface area contributed by atoms with Gasteiger partial charge in [0.15, 0.2) is 5.54 Å². The molecule has 0 aromatic heterocycles. The van der Waals surface area contributed by atoms with Crippen LogP contribution in [0.3, 0.4) is 0 Å². The molecule has 4 N–H and O–H groups in total. The average molecular weight is 368 g/mol. The quantitative estimate of drug-likeness (QED) is 0.219. The van der Waals surface area contributed by atoms with Crippen molar-refractivity contribution in [2.75, 3.05) is 0 Å². The molecule has 1 rings (SSSR count). The van der Waals surface area contributed by atoms with Crippen LogP contribution >= 0.6 is 0 Å². The lowest BCUT2D eigenvalue weighted by Gasteiger charge is -2.21. The molecular weight excluding hydrogens is 330 g/mol. The van der Waals surface area contributed by atoms with Crippen LogP contribution in [0.15, 0.2) is 0 Å². The van der Waals surface area contributed by atoms with E-state index in [1.807, 2.05) is 0 Å². The third-order valence-electron chi connectivity index (χ3n) is 5.27. The number of amides is 4. The van der Waals surface area contributed by atoms with E-state index in [1.54, 1.807) is 0 Å². The molecule has 0 spiro atoms. The van der Waals surface area contributed by atoms with Crippen molar-refractivity contribution in [2.45, 2.75) is 109 Å². The number of hydrogen-bond acceptors (Lipinski definition) is 3. The minimum Gasteiger partial charge on any atom is -0.367 e. The van der Waals surface area contributed by atoms with E-state index < -0.39 is 23.4 Å². The van der Waals surface area contributed by atoms with Crippen molar-refractivity contribution in [3.05, 3.63) is 0 Å². The number of unbranched alkanes of at least 4 members (excludes halogenated alkanes) is 13. The molecule has 6 heteroatoms. The molecule has 0 saturated carbocycles. The second-order valence-electron chi connectivity index (χ2n) is 7.52. The predicted molar refractivity (Wildman–Crippen MR) is 104 cm³/mol. The standard InChI is InChI=1S/C20H37N3O3/c1-2-3-4-5-6-7-8-9-10-11-12-13-14-15-16-20(17(21)24)18(25)22-19(26)23-20/h2-16H2,1H3,(H2,21,24)(H2,22,23,25,26). The van der Waals surface area contributed by atoms with Crippen molar-refractivity contribution in [3.63, 3.8) is 0 Å². The van der Waals surface area contributed by atoms with Crippen LogP contribution in [0.2, 0.25) is 0 Å². The monoisotopic (exact) mass is 367 g/mol. The van der Waals surface area contributed by atoms with Crippen molar-refractivity contribution < 1.29 is 14.4 Å². The van der Waals surface area contributed by atoms with Crippen LogP contribution in [0, 0.1) is 0 Å². The van der Waals surface area contributed by atoms with Gasteiger partial charge in [0, 0.05) is 0 Å². The molecule has 1 atom stereocenters. The lowest BCUT2D eigenvalue weighted by atomic mass is 9.91. The fourth-order valence-corrected chi connectivity index (χ4v) is 3.55. The first kappa shape index (κ1) is 22.5. The summed E-state index contributed by atoms with van der Waals surface area (Å²) >= 11 is 0. The molecule has 1 fully saturated rings. The topological polar surface area (TPSA) is 101 Å². The van der Waals surface area contributed by atoms with Gasteiger partial charge in [-0.25, -0.2) is 4.79 Å². The molecule has 0 aromatic carbocycles. The summed E-state index contributed by atoms with van der Waals surface area (Å²) in [5.41, 5.74) is 3.78. The van der Waals surface area contributed by atoms with Crippen molar-refractivity contribution >= 4 is 17.8 Å². The Morgan fingerprint density at radius 2 is 1.23 bits per heavy atom. The molecule has 4 amide bonds. The Bertz CT molecular complexity index is 454. The third kappa shape index (κ3) is 7.75. The fraction of sp³-hybridized carbons (Fsp3) is 0.850. The summed E-state index contributed by atoms with van der Waals surface area (Å²) < 4.78 is 0. The predicted octanol–water partition coefficient (Wildman–Crippen LogP) is 3.92. The summed E-state index contributed by atoms with van der Waals surface area (Å²) in [6, 6.07) is -0.640. The molecule has 1 aliphatic heterocycles. The van der Waals surface area contributed by atoms with Crippen LogP contribution in [0.25, 0.3) is 0 Å². The first-order valence-electron chi connectivity index (χ1n) is 10.5. The van der Waals surface area contributed by atoms with Crippen LogP contribution in [0.1, 0.15) is 103 Å². The number of hydrogen-bond donors (Lipinski definition) is 3. The number of nitrogens with two attached hydrogens (primary N) is 1. The second-order valence-corrected chi connectivity index (χ2v) is 7.52. The van der Waals surface area contributed by atoms with Gasteiger partial charge in [0.1, 0.15) is 0 Å². The van der Waals surface area contributed by atoms with Gasteiger partial charge in [0.2, 0.25) is 0 Å². The molecule has 0 bridgehead atoms. The Morgan fingerprint density at radius 1 is 0.808 bits per heavy atom. The highest BCUT2D eigenvalue weighted by atomic mass is 16.2. The Hall–Kier alpha value is -1.59. The highest BCUT2D eigenvalue weighted by Crippen LogP contribution is 2.20. The molecule has 1 heterocycles. The van der Waals surface area contributed by atoms with Crippen LogP contribution in [0.4, 0.5) is 4.79 Å². The molecule has 0 radical (unpaired) electrons. The molecule has 1 unspecified atom stereocenters. The number of carbonyl (C=O) groups excluding carboxylic acids is 3. The lowest BCUT2D eigenvalue weighted by Crippen LogP contribution is -2.57. The zero-order valence-electron chi connectivity index (χ0n) is 16.4. The first-order valence-corrected chi connectivity index (χ1v) is 10.5. The molecule has 26 heavy (non-hydrogen) atoms. The highest BCUT2D eigenvalue weighted by Gasteiger charge is 2.50. The third-order valence-corrected chi connectivity index (χ3v) is 5.27. The number of imide groups is 1. The minimum absolute atomic E-state index is 0.276. The van der Waals surface area contributed by atoms with E-state index in [1.165, 1.54) is 70.6 Å². The van der Waals surface area contributed by atoms with Crippen LogP contribution in [-0.4, -0.2) is 23.4 Å². The Labute approximate surface area is 158 Å². The maximum absolute atomic E-state index is 11.8. The maximum Gasteiger partial charge on any atom is 0.322 e. The smallest absolute Gasteiger partial charge is 0.322 e. The van der Waals surface area contributed by atoms with Gasteiger partial charge < -0.3 is 11.1 Å².